The number of likely N-dealkylation sites (tertiary alicyclic amines) is 1. The number of nitrogens with zero attached hydrogens (tertiary/aromatic N) is 5. The van der Waals surface area contributed by atoms with Gasteiger partial charge in [0.05, 0.1) is 17.3 Å². The number of rotatable bonds is 4. The number of β-amino-alcohol motifs (C(OH)–C–C–N with tert-alkyl or cyclic N) is 1. The van der Waals surface area contributed by atoms with E-state index in [4.69, 9.17) is 0 Å². The quantitative estimate of drug-likeness (QED) is 0.575. The summed E-state index contributed by atoms with van der Waals surface area (Å²) < 4.78 is 0. The van der Waals surface area contributed by atoms with Gasteiger partial charge >= 0.3 is 6.03 Å². The maximum absolute atomic E-state index is 12.9. The van der Waals surface area contributed by atoms with E-state index in [-0.39, 0.29) is 12.1 Å². The fourth-order valence-corrected chi connectivity index (χ4v) is 5.85. The molecule has 2 aromatic carbocycles. The maximum Gasteiger partial charge on any atom is 0.321 e. The Bertz CT molecular complexity index is 1220. The number of anilines is 3. The standard InChI is InChI=1S/C28H34N6O2/c35-24-11-16-34(18-24)23-7-8-25-26(17-23)29-19-30-27(25)20-9-14-33(15-10-20)28(36)31-21-3-5-22(6-4-21)32-12-1-2-13-32/h3-8,17,19-20,24,35H,1-2,9-16,18H2,(H,31,36)/t24-/m0/s1. The molecule has 3 fully saturated rings. The first-order valence-corrected chi connectivity index (χ1v) is 13.2. The summed E-state index contributed by atoms with van der Waals surface area (Å²) in [5, 5.41) is 14.0. The molecule has 8 heteroatoms. The SMILES string of the molecule is O=C(Nc1ccc(N2CCCC2)cc1)N1CCC(c2ncnc3cc(N4CC[C@H](O)C4)ccc23)CC1. The van der Waals surface area contributed by atoms with Crippen LogP contribution in [0.2, 0.25) is 0 Å². The lowest BCUT2D eigenvalue weighted by Gasteiger charge is -2.32. The summed E-state index contributed by atoms with van der Waals surface area (Å²) in [6.07, 6.45) is 6.49. The van der Waals surface area contributed by atoms with Crippen molar-refractivity contribution < 1.29 is 9.90 Å². The zero-order valence-corrected chi connectivity index (χ0v) is 20.6. The molecule has 2 amide bonds. The molecule has 3 aromatic rings. The van der Waals surface area contributed by atoms with Crippen LogP contribution in [0.1, 0.15) is 43.7 Å². The minimum atomic E-state index is -0.252. The first-order valence-electron chi connectivity index (χ1n) is 13.2. The van der Waals surface area contributed by atoms with E-state index in [2.05, 4.69) is 55.4 Å². The van der Waals surface area contributed by atoms with E-state index < -0.39 is 0 Å². The molecule has 188 valence electrons. The molecular weight excluding hydrogens is 452 g/mol. The Morgan fingerprint density at radius 2 is 1.61 bits per heavy atom. The van der Waals surface area contributed by atoms with Gasteiger partial charge in [0.2, 0.25) is 0 Å². The Morgan fingerprint density at radius 3 is 2.33 bits per heavy atom. The van der Waals surface area contributed by atoms with E-state index in [9.17, 15) is 9.90 Å². The van der Waals surface area contributed by atoms with E-state index in [0.717, 1.165) is 66.9 Å². The third-order valence-electron chi connectivity index (χ3n) is 7.94. The summed E-state index contributed by atoms with van der Waals surface area (Å²) in [6, 6.07) is 14.5. The van der Waals surface area contributed by atoms with Crippen LogP contribution in [0.4, 0.5) is 21.9 Å². The fraction of sp³-hybridized carbons (Fsp3) is 0.464. The fourth-order valence-electron chi connectivity index (χ4n) is 5.85. The predicted molar refractivity (Wildman–Crippen MR) is 143 cm³/mol. The lowest BCUT2D eigenvalue weighted by molar-refractivity contribution is 0.194. The van der Waals surface area contributed by atoms with Crippen molar-refractivity contribution >= 4 is 34.0 Å². The van der Waals surface area contributed by atoms with Gasteiger partial charge in [0, 0.05) is 67.6 Å². The van der Waals surface area contributed by atoms with Crippen LogP contribution in [0.15, 0.2) is 48.8 Å². The Kier molecular flexibility index (Phi) is 6.35. The maximum atomic E-state index is 12.9. The number of hydrogen-bond donors (Lipinski definition) is 2. The van der Waals surface area contributed by atoms with Gasteiger partial charge in [-0.3, -0.25) is 0 Å². The van der Waals surface area contributed by atoms with Crippen LogP contribution in [-0.2, 0) is 0 Å². The van der Waals surface area contributed by atoms with Gasteiger partial charge in [-0.05, 0) is 74.6 Å². The highest BCUT2D eigenvalue weighted by Gasteiger charge is 2.27. The minimum Gasteiger partial charge on any atom is -0.391 e. The molecular formula is C28H34N6O2. The summed E-state index contributed by atoms with van der Waals surface area (Å²) in [6.45, 7) is 5.19. The first kappa shape index (κ1) is 23.0. The van der Waals surface area contributed by atoms with E-state index in [1.165, 1.54) is 18.5 Å². The largest absolute Gasteiger partial charge is 0.391 e. The normalized spacial score (nSPS) is 20.9. The number of fused-ring (bicyclic) bond motifs is 1. The number of carbonyl (C=O) groups is 1. The minimum absolute atomic E-state index is 0.0349. The lowest BCUT2D eigenvalue weighted by Crippen LogP contribution is -2.40. The molecule has 8 nitrogen and oxygen atoms in total. The molecule has 1 atom stereocenters. The molecule has 3 saturated heterocycles. The van der Waals surface area contributed by atoms with Crippen molar-refractivity contribution in [2.45, 2.75) is 44.1 Å². The molecule has 0 radical (unpaired) electrons. The second-order valence-corrected chi connectivity index (χ2v) is 10.3. The molecule has 0 aliphatic carbocycles. The Labute approximate surface area is 211 Å². The monoisotopic (exact) mass is 486 g/mol. The van der Waals surface area contributed by atoms with Gasteiger partial charge < -0.3 is 25.1 Å². The molecule has 36 heavy (non-hydrogen) atoms. The third kappa shape index (κ3) is 4.69. The van der Waals surface area contributed by atoms with Crippen molar-refractivity contribution in [3.63, 3.8) is 0 Å². The van der Waals surface area contributed by atoms with Gasteiger partial charge in [-0.25, -0.2) is 14.8 Å². The summed E-state index contributed by atoms with van der Waals surface area (Å²) in [4.78, 5) is 28.6. The second kappa shape index (κ2) is 9.93. The van der Waals surface area contributed by atoms with Gasteiger partial charge in [0.15, 0.2) is 0 Å². The van der Waals surface area contributed by atoms with Crippen LogP contribution in [0.3, 0.4) is 0 Å². The molecule has 0 saturated carbocycles. The Hall–Kier alpha value is -3.39. The highest BCUT2D eigenvalue weighted by molar-refractivity contribution is 5.89. The number of urea groups is 1. The summed E-state index contributed by atoms with van der Waals surface area (Å²) in [5.41, 5.74) is 5.19. The van der Waals surface area contributed by atoms with Crippen molar-refractivity contribution in [2.75, 3.05) is 54.4 Å². The zero-order valence-electron chi connectivity index (χ0n) is 20.6. The molecule has 1 aromatic heterocycles. The zero-order chi connectivity index (χ0) is 24.5. The van der Waals surface area contributed by atoms with E-state index >= 15 is 0 Å². The molecule has 0 bridgehead atoms. The van der Waals surface area contributed by atoms with Gasteiger partial charge in [-0.15, -0.1) is 0 Å². The van der Waals surface area contributed by atoms with Gasteiger partial charge in [-0.2, -0.15) is 0 Å². The number of benzene rings is 2. The molecule has 6 rings (SSSR count). The van der Waals surface area contributed by atoms with Crippen molar-refractivity contribution in [1.29, 1.82) is 0 Å². The molecule has 3 aliphatic rings. The number of amides is 2. The number of hydrogen-bond acceptors (Lipinski definition) is 6. The Balaban J connectivity index is 1.08. The van der Waals surface area contributed by atoms with Gasteiger partial charge in [0.25, 0.3) is 0 Å². The molecule has 3 aliphatic heterocycles. The molecule has 0 unspecified atom stereocenters. The molecule has 0 spiro atoms. The number of aliphatic hydroxyl groups is 1. The molecule has 2 N–H and O–H groups in total. The van der Waals surface area contributed by atoms with Gasteiger partial charge in [0.1, 0.15) is 6.33 Å². The smallest absolute Gasteiger partial charge is 0.321 e. The van der Waals surface area contributed by atoms with E-state index in [0.29, 0.717) is 25.6 Å². The number of aromatic nitrogens is 2. The van der Waals surface area contributed by atoms with Crippen molar-refractivity contribution in [3.8, 4) is 0 Å². The van der Waals surface area contributed by atoms with E-state index in [1.807, 2.05) is 17.0 Å². The first-order chi connectivity index (χ1) is 17.6. The lowest BCUT2D eigenvalue weighted by atomic mass is 9.91. The number of carbonyl (C=O) groups excluding carboxylic acids is 1. The average Bonchev–Trinajstić information content (AvgIpc) is 3.61. The topological polar surface area (TPSA) is 84.8 Å². The van der Waals surface area contributed by atoms with Crippen LogP contribution in [-0.4, -0.2) is 71.4 Å². The second-order valence-electron chi connectivity index (χ2n) is 10.3. The average molecular weight is 487 g/mol. The molecule has 4 heterocycles. The highest BCUT2D eigenvalue weighted by atomic mass is 16.3. The Morgan fingerprint density at radius 1 is 0.861 bits per heavy atom. The summed E-state index contributed by atoms with van der Waals surface area (Å²) >= 11 is 0. The van der Waals surface area contributed by atoms with Crippen molar-refractivity contribution in [1.82, 2.24) is 14.9 Å². The van der Waals surface area contributed by atoms with Crippen LogP contribution in [0, 0.1) is 0 Å². The van der Waals surface area contributed by atoms with Crippen molar-refractivity contribution in [3.05, 3.63) is 54.5 Å². The van der Waals surface area contributed by atoms with Crippen LogP contribution in [0.25, 0.3) is 10.9 Å². The number of aliphatic hydroxyl groups excluding tert-OH is 1. The van der Waals surface area contributed by atoms with Crippen LogP contribution < -0.4 is 15.1 Å². The van der Waals surface area contributed by atoms with Crippen molar-refractivity contribution in [2.24, 2.45) is 0 Å². The highest BCUT2D eigenvalue weighted by Crippen LogP contribution is 2.33. The third-order valence-corrected chi connectivity index (χ3v) is 7.94. The number of piperidine rings is 1. The van der Waals surface area contributed by atoms with E-state index in [1.54, 1.807) is 6.33 Å². The predicted octanol–water partition coefficient (Wildman–Crippen LogP) is 4.21. The number of nitrogens with one attached hydrogen (secondary N) is 1. The van der Waals surface area contributed by atoms with Crippen LogP contribution in [0.5, 0.6) is 0 Å². The van der Waals surface area contributed by atoms with Gasteiger partial charge in [-0.1, -0.05) is 0 Å². The van der Waals surface area contributed by atoms with Crippen LogP contribution >= 0.6 is 0 Å². The summed E-state index contributed by atoms with van der Waals surface area (Å²) in [7, 11) is 0. The summed E-state index contributed by atoms with van der Waals surface area (Å²) in [5.74, 6) is 0.304.